The van der Waals surface area contributed by atoms with Gasteiger partial charge in [0.2, 0.25) is 5.91 Å². The van der Waals surface area contributed by atoms with Gasteiger partial charge in [-0.3, -0.25) is 4.79 Å². The van der Waals surface area contributed by atoms with Crippen LogP contribution in [0.4, 0.5) is 0 Å². The smallest absolute Gasteiger partial charge is 0.239 e. The molecular weight excluding hydrogens is 168 g/mol. The maximum Gasteiger partial charge on any atom is 0.239 e. The number of rotatable bonds is 2. The molecule has 74 valence electrons. The summed E-state index contributed by atoms with van der Waals surface area (Å²) in [6.07, 6.45) is 1.71. The molecule has 0 aromatic rings. The van der Waals surface area contributed by atoms with E-state index in [1.165, 1.54) is 0 Å². The summed E-state index contributed by atoms with van der Waals surface area (Å²) in [4.78, 5) is 13.1. The number of hydrogen-bond donors (Lipinski definition) is 1. The Labute approximate surface area is 78.3 Å². The Kier molecular flexibility index (Phi) is 2.73. The summed E-state index contributed by atoms with van der Waals surface area (Å²) >= 11 is 0. The molecule has 0 bridgehead atoms. The van der Waals surface area contributed by atoms with Gasteiger partial charge in [-0.1, -0.05) is 6.08 Å². The Morgan fingerprint density at radius 2 is 2.46 bits per heavy atom. The minimum Gasteiger partial charge on any atom is -0.354 e. The molecule has 1 saturated heterocycles. The molecule has 4 heteroatoms. The van der Waals surface area contributed by atoms with E-state index >= 15 is 0 Å². The zero-order valence-electron chi connectivity index (χ0n) is 8.12. The third kappa shape index (κ3) is 1.73. The van der Waals surface area contributed by atoms with Gasteiger partial charge < -0.3 is 15.4 Å². The highest BCUT2D eigenvalue weighted by atomic mass is 16.5. The minimum absolute atomic E-state index is 0.0110. The van der Waals surface area contributed by atoms with Gasteiger partial charge in [-0.05, 0) is 13.8 Å². The van der Waals surface area contributed by atoms with Gasteiger partial charge in [0.05, 0.1) is 19.2 Å². The van der Waals surface area contributed by atoms with E-state index in [1.807, 2.05) is 13.8 Å². The second kappa shape index (κ2) is 3.47. The normalized spacial score (nSPS) is 26.1. The van der Waals surface area contributed by atoms with Gasteiger partial charge in [-0.25, -0.2) is 0 Å². The van der Waals surface area contributed by atoms with Crippen LogP contribution in [0.1, 0.15) is 13.8 Å². The van der Waals surface area contributed by atoms with Crippen LogP contribution in [0, 0.1) is 0 Å². The van der Waals surface area contributed by atoms with E-state index in [2.05, 4.69) is 6.58 Å². The lowest BCUT2D eigenvalue weighted by atomic mass is 10.2. The highest BCUT2D eigenvalue weighted by Gasteiger charge is 2.41. The molecule has 1 rings (SSSR count). The van der Waals surface area contributed by atoms with Gasteiger partial charge in [0.15, 0.2) is 0 Å². The van der Waals surface area contributed by atoms with Crippen molar-refractivity contribution in [3.63, 3.8) is 0 Å². The lowest BCUT2D eigenvalue weighted by molar-refractivity contribution is -0.143. The minimum atomic E-state index is -0.560. The quantitative estimate of drug-likeness (QED) is 0.619. The van der Waals surface area contributed by atoms with Crippen molar-refractivity contribution < 1.29 is 9.53 Å². The topological polar surface area (TPSA) is 55.6 Å². The summed E-state index contributed by atoms with van der Waals surface area (Å²) < 4.78 is 5.46. The van der Waals surface area contributed by atoms with Gasteiger partial charge in [0, 0.05) is 0 Å². The van der Waals surface area contributed by atoms with Gasteiger partial charge in [0.25, 0.3) is 0 Å². The van der Waals surface area contributed by atoms with Crippen molar-refractivity contribution >= 4 is 5.91 Å². The van der Waals surface area contributed by atoms with E-state index in [0.29, 0.717) is 6.61 Å². The fraction of sp³-hybridized carbons (Fsp3) is 0.667. The molecule has 1 aliphatic rings. The average molecular weight is 184 g/mol. The molecule has 1 aliphatic heterocycles. The molecule has 0 radical (unpaired) electrons. The van der Waals surface area contributed by atoms with Crippen molar-refractivity contribution in [2.45, 2.75) is 25.6 Å². The average Bonchev–Trinajstić information content (AvgIpc) is 2.39. The summed E-state index contributed by atoms with van der Waals surface area (Å²) in [5.41, 5.74) is 4.75. The van der Waals surface area contributed by atoms with E-state index in [0.717, 1.165) is 0 Å². The van der Waals surface area contributed by atoms with Crippen LogP contribution in [0.3, 0.4) is 0 Å². The van der Waals surface area contributed by atoms with Crippen molar-refractivity contribution in [3.05, 3.63) is 12.7 Å². The van der Waals surface area contributed by atoms with Crippen molar-refractivity contribution in [2.24, 2.45) is 5.73 Å². The molecule has 4 nitrogen and oxygen atoms in total. The van der Waals surface area contributed by atoms with E-state index in [4.69, 9.17) is 10.5 Å². The first kappa shape index (κ1) is 10.2. The molecule has 1 atom stereocenters. The summed E-state index contributed by atoms with van der Waals surface area (Å²) in [7, 11) is 0. The van der Waals surface area contributed by atoms with Crippen LogP contribution < -0.4 is 5.73 Å². The Morgan fingerprint density at radius 1 is 1.85 bits per heavy atom. The predicted octanol–water partition coefficient (Wildman–Crippen LogP) is 0.0946. The number of nitrogens with zero attached hydrogens (tertiary/aromatic N) is 1. The highest BCUT2D eigenvalue weighted by Crippen LogP contribution is 2.27. The number of nitrogens with two attached hydrogens (primary N) is 1. The molecule has 0 aromatic heterocycles. The van der Waals surface area contributed by atoms with Gasteiger partial charge in [-0.2, -0.15) is 0 Å². The monoisotopic (exact) mass is 184 g/mol. The predicted molar refractivity (Wildman–Crippen MR) is 49.9 cm³/mol. The maximum absolute atomic E-state index is 11.5. The van der Waals surface area contributed by atoms with Crippen LogP contribution in [0.5, 0.6) is 0 Å². The Bertz CT molecular complexity index is 226. The number of hydrogen-bond acceptors (Lipinski definition) is 3. The van der Waals surface area contributed by atoms with E-state index in [-0.39, 0.29) is 18.5 Å². The Hall–Kier alpha value is -0.870. The van der Waals surface area contributed by atoms with Crippen molar-refractivity contribution in [2.75, 3.05) is 13.2 Å². The summed E-state index contributed by atoms with van der Waals surface area (Å²) in [6, 6.07) is -0.0500. The number of carbonyl (C=O) groups excluding carboxylic acids is 1. The summed E-state index contributed by atoms with van der Waals surface area (Å²) in [5.74, 6) is -0.104. The highest BCUT2D eigenvalue weighted by molar-refractivity contribution is 5.79. The SMILES string of the molecule is C=CC1COC(C)(C)N1C(=O)CN. The maximum atomic E-state index is 11.5. The standard InChI is InChI=1S/C9H16N2O2/c1-4-7-6-13-9(2,3)11(7)8(12)5-10/h4,7H,1,5-6,10H2,2-3H3. The molecule has 0 saturated carbocycles. The molecule has 13 heavy (non-hydrogen) atoms. The number of ether oxygens (including phenoxy) is 1. The van der Waals surface area contributed by atoms with Gasteiger partial charge >= 0.3 is 0 Å². The third-order valence-electron chi connectivity index (χ3n) is 2.23. The molecule has 1 amide bonds. The zero-order valence-corrected chi connectivity index (χ0v) is 8.12. The second-order valence-corrected chi connectivity index (χ2v) is 3.53. The first-order valence-electron chi connectivity index (χ1n) is 4.31. The first-order chi connectivity index (χ1) is 6.03. The molecule has 0 aromatic carbocycles. The number of carbonyl (C=O) groups is 1. The van der Waals surface area contributed by atoms with Gasteiger partial charge in [0.1, 0.15) is 5.72 Å². The Morgan fingerprint density at radius 3 is 2.92 bits per heavy atom. The van der Waals surface area contributed by atoms with Crippen LogP contribution >= 0.6 is 0 Å². The largest absolute Gasteiger partial charge is 0.354 e. The van der Waals surface area contributed by atoms with Crippen LogP contribution in [0.15, 0.2) is 12.7 Å². The van der Waals surface area contributed by atoms with Crippen molar-refractivity contribution in [1.29, 1.82) is 0 Å². The number of amides is 1. The lowest BCUT2D eigenvalue weighted by Crippen LogP contribution is -2.49. The molecule has 2 N–H and O–H groups in total. The van der Waals surface area contributed by atoms with Crippen LogP contribution in [-0.2, 0) is 9.53 Å². The molecule has 0 aliphatic carbocycles. The van der Waals surface area contributed by atoms with Crippen LogP contribution in [0.2, 0.25) is 0 Å². The Balaban J connectivity index is 2.86. The molecular formula is C9H16N2O2. The zero-order chi connectivity index (χ0) is 10.1. The fourth-order valence-electron chi connectivity index (χ4n) is 1.59. The van der Waals surface area contributed by atoms with E-state index in [9.17, 15) is 4.79 Å². The second-order valence-electron chi connectivity index (χ2n) is 3.53. The van der Waals surface area contributed by atoms with E-state index in [1.54, 1.807) is 11.0 Å². The summed E-state index contributed by atoms with van der Waals surface area (Å²) in [6.45, 7) is 7.88. The molecule has 1 heterocycles. The molecule has 1 fully saturated rings. The van der Waals surface area contributed by atoms with Crippen molar-refractivity contribution in [1.82, 2.24) is 4.90 Å². The van der Waals surface area contributed by atoms with Crippen LogP contribution in [-0.4, -0.2) is 35.7 Å². The molecule has 0 spiro atoms. The lowest BCUT2D eigenvalue weighted by Gasteiger charge is -2.32. The third-order valence-corrected chi connectivity index (χ3v) is 2.23. The summed E-state index contributed by atoms with van der Waals surface area (Å²) in [5, 5.41) is 0. The van der Waals surface area contributed by atoms with Crippen LogP contribution in [0.25, 0.3) is 0 Å². The van der Waals surface area contributed by atoms with E-state index < -0.39 is 5.72 Å². The molecule has 1 unspecified atom stereocenters. The fourth-order valence-corrected chi connectivity index (χ4v) is 1.59. The van der Waals surface area contributed by atoms with Gasteiger partial charge in [-0.15, -0.1) is 6.58 Å². The van der Waals surface area contributed by atoms with Crippen molar-refractivity contribution in [3.8, 4) is 0 Å². The first-order valence-corrected chi connectivity index (χ1v) is 4.31.